The molecule has 0 saturated carbocycles. The molecular formula is C21H39N3S. The van der Waals surface area contributed by atoms with E-state index in [2.05, 4.69) is 87.2 Å². The van der Waals surface area contributed by atoms with Gasteiger partial charge in [0.05, 0.1) is 0 Å². The molecule has 1 atom stereocenters. The first kappa shape index (κ1) is 22.5. The lowest BCUT2D eigenvalue weighted by Crippen LogP contribution is -2.40. The third-order valence-corrected chi connectivity index (χ3v) is 5.34. The molecule has 0 spiro atoms. The average Bonchev–Trinajstić information content (AvgIpc) is 2.55. The van der Waals surface area contributed by atoms with Crippen LogP contribution in [0.4, 0.5) is 0 Å². The summed E-state index contributed by atoms with van der Waals surface area (Å²) in [6.07, 6.45) is 1.20. The summed E-state index contributed by atoms with van der Waals surface area (Å²) in [6.45, 7) is 13.7. The molecule has 0 aromatic heterocycles. The second kappa shape index (κ2) is 12.7. The minimum atomic E-state index is 0.531. The number of hydrogen-bond acceptors (Lipinski definition) is 4. The van der Waals surface area contributed by atoms with E-state index in [1.165, 1.54) is 17.9 Å². The van der Waals surface area contributed by atoms with Gasteiger partial charge >= 0.3 is 0 Å². The van der Waals surface area contributed by atoms with Gasteiger partial charge in [0.2, 0.25) is 0 Å². The minimum Gasteiger partial charge on any atom is -0.311 e. The molecule has 0 saturated heterocycles. The zero-order valence-electron chi connectivity index (χ0n) is 17.2. The molecule has 0 radical (unpaired) electrons. The Morgan fingerprint density at radius 1 is 0.920 bits per heavy atom. The Kier molecular flexibility index (Phi) is 11.5. The van der Waals surface area contributed by atoms with Gasteiger partial charge in [-0.3, -0.25) is 0 Å². The van der Waals surface area contributed by atoms with Gasteiger partial charge in [-0.15, -0.1) is 11.8 Å². The van der Waals surface area contributed by atoms with Crippen LogP contribution in [0.15, 0.2) is 35.2 Å². The first-order chi connectivity index (χ1) is 11.9. The average molecular weight is 366 g/mol. The lowest BCUT2D eigenvalue weighted by molar-refractivity contribution is 0.233. The van der Waals surface area contributed by atoms with Crippen molar-refractivity contribution in [3.8, 4) is 0 Å². The molecular weight excluding hydrogens is 326 g/mol. The SMILES string of the molecule is CC(C)CN(C)CCN(C)CCC(CSc1ccccc1)NC(C)C. The number of nitrogens with one attached hydrogen (secondary N) is 1. The summed E-state index contributed by atoms with van der Waals surface area (Å²) in [6, 6.07) is 11.8. The van der Waals surface area contributed by atoms with Gasteiger partial charge in [0.25, 0.3) is 0 Å². The Balaban J connectivity index is 2.33. The molecule has 0 bridgehead atoms. The Bertz CT molecular complexity index is 436. The number of hydrogen-bond donors (Lipinski definition) is 1. The zero-order chi connectivity index (χ0) is 18.7. The van der Waals surface area contributed by atoms with Gasteiger partial charge in [-0.2, -0.15) is 0 Å². The van der Waals surface area contributed by atoms with Gasteiger partial charge in [0, 0.05) is 42.4 Å². The summed E-state index contributed by atoms with van der Waals surface area (Å²) in [7, 11) is 4.48. The second-order valence-electron chi connectivity index (χ2n) is 7.89. The number of nitrogens with zero attached hydrogens (tertiary/aromatic N) is 2. The molecule has 0 amide bonds. The number of likely N-dealkylation sites (N-methyl/N-ethyl adjacent to an activating group) is 2. The fraction of sp³-hybridized carbons (Fsp3) is 0.714. The summed E-state index contributed by atoms with van der Waals surface area (Å²) < 4.78 is 0. The van der Waals surface area contributed by atoms with Crippen LogP contribution in [0.2, 0.25) is 0 Å². The van der Waals surface area contributed by atoms with Gasteiger partial charge in [0.15, 0.2) is 0 Å². The van der Waals surface area contributed by atoms with E-state index >= 15 is 0 Å². The predicted octanol–water partition coefficient (Wildman–Crippen LogP) is 4.06. The van der Waals surface area contributed by atoms with Gasteiger partial charge in [-0.1, -0.05) is 45.9 Å². The Morgan fingerprint density at radius 3 is 2.16 bits per heavy atom. The largest absolute Gasteiger partial charge is 0.311 e. The molecule has 0 fully saturated rings. The fourth-order valence-electron chi connectivity index (χ4n) is 2.94. The van der Waals surface area contributed by atoms with Crippen LogP contribution < -0.4 is 5.32 Å². The molecule has 0 heterocycles. The smallest absolute Gasteiger partial charge is 0.0176 e. The number of benzene rings is 1. The summed E-state index contributed by atoms with van der Waals surface area (Å²) in [5.74, 6) is 1.87. The quantitative estimate of drug-likeness (QED) is 0.531. The lowest BCUT2D eigenvalue weighted by Gasteiger charge is -2.26. The van der Waals surface area contributed by atoms with Crippen LogP contribution in [-0.4, -0.2) is 67.9 Å². The third-order valence-electron chi connectivity index (χ3n) is 4.16. The Labute approximate surface area is 160 Å². The highest BCUT2D eigenvalue weighted by Gasteiger charge is 2.12. The molecule has 1 rings (SSSR count). The molecule has 4 heteroatoms. The molecule has 3 nitrogen and oxygen atoms in total. The van der Waals surface area contributed by atoms with Gasteiger partial charge in [0.1, 0.15) is 0 Å². The summed E-state index contributed by atoms with van der Waals surface area (Å²) in [5.41, 5.74) is 0. The molecule has 1 N–H and O–H groups in total. The van der Waals surface area contributed by atoms with E-state index in [4.69, 9.17) is 0 Å². The van der Waals surface area contributed by atoms with Crippen LogP contribution in [0.1, 0.15) is 34.1 Å². The molecule has 1 unspecified atom stereocenters. The molecule has 0 aliphatic heterocycles. The van der Waals surface area contributed by atoms with Crippen molar-refractivity contribution in [1.29, 1.82) is 0 Å². The molecule has 144 valence electrons. The van der Waals surface area contributed by atoms with Crippen molar-refractivity contribution in [2.45, 2.75) is 51.1 Å². The van der Waals surface area contributed by atoms with Crippen molar-refractivity contribution in [2.75, 3.05) is 46.0 Å². The van der Waals surface area contributed by atoms with Crippen molar-refractivity contribution in [3.63, 3.8) is 0 Å². The van der Waals surface area contributed by atoms with Gasteiger partial charge in [-0.25, -0.2) is 0 Å². The molecule has 0 aliphatic rings. The summed E-state index contributed by atoms with van der Waals surface area (Å²) >= 11 is 1.96. The second-order valence-corrected chi connectivity index (χ2v) is 8.98. The molecule has 0 aliphatic carbocycles. The van der Waals surface area contributed by atoms with Crippen molar-refractivity contribution >= 4 is 11.8 Å². The van der Waals surface area contributed by atoms with Crippen molar-refractivity contribution in [1.82, 2.24) is 15.1 Å². The Hall–Kier alpha value is -0.550. The van der Waals surface area contributed by atoms with Crippen LogP contribution >= 0.6 is 11.8 Å². The third kappa shape index (κ3) is 11.6. The minimum absolute atomic E-state index is 0.531. The maximum atomic E-state index is 3.74. The first-order valence-corrected chi connectivity index (χ1v) is 10.7. The van der Waals surface area contributed by atoms with E-state index in [9.17, 15) is 0 Å². The highest BCUT2D eigenvalue weighted by Crippen LogP contribution is 2.19. The first-order valence-electron chi connectivity index (χ1n) is 9.67. The van der Waals surface area contributed by atoms with Crippen LogP contribution in [0.25, 0.3) is 0 Å². The van der Waals surface area contributed by atoms with E-state index in [1.54, 1.807) is 0 Å². The van der Waals surface area contributed by atoms with E-state index in [0.717, 1.165) is 31.3 Å². The summed E-state index contributed by atoms with van der Waals surface area (Å²) in [4.78, 5) is 6.27. The Morgan fingerprint density at radius 2 is 1.56 bits per heavy atom. The van der Waals surface area contributed by atoms with E-state index in [0.29, 0.717) is 12.1 Å². The van der Waals surface area contributed by atoms with Crippen molar-refractivity contribution in [3.05, 3.63) is 30.3 Å². The summed E-state index contributed by atoms with van der Waals surface area (Å²) in [5, 5.41) is 3.74. The van der Waals surface area contributed by atoms with Crippen LogP contribution in [0.3, 0.4) is 0 Å². The van der Waals surface area contributed by atoms with E-state index in [-0.39, 0.29) is 0 Å². The standard InChI is InChI=1S/C21H39N3S/c1-18(2)16-24(6)15-14-23(5)13-12-20(22-19(3)4)17-25-21-10-8-7-9-11-21/h7-11,18-20,22H,12-17H2,1-6H3. The monoisotopic (exact) mass is 365 g/mol. The lowest BCUT2D eigenvalue weighted by atomic mass is 10.2. The highest BCUT2D eigenvalue weighted by molar-refractivity contribution is 7.99. The predicted molar refractivity (Wildman–Crippen MR) is 114 cm³/mol. The molecule has 25 heavy (non-hydrogen) atoms. The zero-order valence-corrected chi connectivity index (χ0v) is 18.0. The molecule has 1 aromatic carbocycles. The van der Waals surface area contributed by atoms with Crippen molar-refractivity contribution < 1.29 is 0 Å². The topological polar surface area (TPSA) is 18.5 Å². The van der Waals surface area contributed by atoms with Crippen LogP contribution in [-0.2, 0) is 0 Å². The van der Waals surface area contributed by atoms with Gasteiger partial charge in [-0.05, 0) is 45.1 Å². The normalized spacial score (nSPS) is 13.4. The number of thioether (sulfide) groups is 1. The maximum Gasteiger partial charge on any atom is 0.0176 e. The number of rotatable bonds is 13. The van der Waals surface area contributed by atoms with Crippen molar-refractivity contribution in [2.24, 2.45) is 5.92 Å². The van der Waals surface area contributed by atoms with E-state index < -0.39 is 0 Å². The van der Waals surface area contributed by atoms with Crippen LogP contribution in [0.5, 0.6) is 0 Å². The highest BCUT2D eigenvalue weighted by atomic mass is 32.2. The maximum absolute atomic E-state index is 3.74. The molecule has 1 aromatic rings. The fourth-order valence-corrected chi connectivity index (χ4v) is 3.95. The van der Waals surface area contributed by atoms with Gasteiger partial charge < -0.3 is 15.1 Å². The van der Waals surface area contributed by atoms with Crippen LogP contribution in [0, 0.1) is 5.92 Å². The van der Waals surface area contributed by atoms with E-state index in [1.807, 2.05) is 11.8 Å².